The Labute approximate surface area is 111 Å². The largest absolute Gasteiger partial charge is 0.0620 e. The second kappa shape index (κ2) is 5.86. The first-order valence-corrected chi connectivity index (χ1v) is 6.61. The van der Waals surface area contributed by atoms with Crippen LogP contribution in [-0.4, -0.2) is 0 Å². The monoisotopic (exact) mass is 237 g/mol. The average Bonchev–Trinajstić information content (AvgIpc) is 2.38. The van der Waals surface area contributed by atoms with Gasteiger partial charge in [-0.2, -0.15) is 0 Å². The van der Waals surface area contributed by atoms with Crippen LogP contribution < -0.4 is 0 Å². The van der Waals surface area contributed by atoms with Gasteiger partial charge in [0.15, 0.2) is 0 Å². The molecule has 0 aliphatic carbocycles. The molecule has 0 fully saturated rings. The zero-order valence-corrected chi connectivity index (χ0v) is 11.5. The Bertz CT molecular complexity index is 492. The van der Waals surface area contributed by atoms with Crippen LogP contribution in [-0.2, 0) is 12.8 Å². The van der Waals surface area contributed by atoms with Gasteiger partial charge in [0, 0.05) is 0 Å². The van der Waals surface area contributed by atoms with Crippen LogP contribution in [0.5, 0.6) is 0 Å². The van der Waals surface area contributed by atoms with E-state index in [0.29, 0.717) is 0 Å². The van der Waals surface area contributed by atoms with E-state index in [9.17, 15) is 0 Å². The highest BCUT2D eigenvalue weighted by Crippen LogP contribution is 2.20. The molecule has 0 aromatic heterocycles. The Hall–Kier alpha value is -1.56. The minimum atomic E-state index is 1.12. The Morgan fingerprint density at radius 1 is 0.833 bits per heavy atom. The van der Waals surface area contributed by atoms with Gasteiger partial charge in [-0.1, -0.05) is 67.9 Å². The molecule has 2 aromatic rings. The van der Waals surface area contributed by atoms with Crippen molar-refractivity contribution in [3.05, 3.63) is 76.7 Å². The van der Waals surface area contributed by atoms with Crippen LogP contribution in [0.25, 0.3) is 0 Å². The maximum absolute atomic E-state index is 2.25. The van der Waals surface area contributed by atoms with Crippen LogP contribution >= 0.6 is 0 Å². The van der Waals surface area contributed by atoms with Gasteiger partial charge in [0.2, 0.25) is 0 Å². The molecule has 18 heavy (non-hydrogen) atoms. The van der Waals surface area contributed by atoms with Gasteiger partial charge in [0.05, 0.1) is 0 Å². The van der Waals surface area contributed by atoms with Gasteiger partial charge in [-0.25, -0.2) is 0 Å². The third kappa shape index (κ3) is 3.22. The third-order valence-electron chi connectivity index (χ3n) is 3.36. The molecule has 0 N–H and O–H groups in total. The van der Waals surface area contributed by atoms with Crippen molar-refractivity contribution < 1.29 is 0 Å². The molecule has 93 valence electrons. The fourth-order valence-electron chi connectivity index (χ4n) is 2.26. The van der Waals surface area contributed by atoms with Gasteiger partial charge in [0.25, 0.3) is 0 Å². The maximum Gasteiger partial charge on any atom is -0.000922 e. The molecule has 0 saturated heterocycles. The van der Waals surface area contributed by atoms with Crippen molar-refractivity contribution in [3.8, 4) is 0 Å². The van der Waals surface area contributed by atoms with Crippen molar-refractivity contribution in [2.24, 2.45) is 0 Å². The molecule has 0 atom stereocenters. The van der Waals surface area contributed by atoms with E-state index in [4.69, 9.17) is 0 Å². The molecular formula is C18H21. The lowest BCUT2D eigenvalue weighted by Crippen LogP contribution is -1.99. The topological polar surface area (TPSA) is 0 Å². The van der Waals surface area contributed by atoms with Crippen molar-refractivity contribution in [1.82, 2.24) is 0 Å². The first-order valence-electron chi connectivity index (χ1n) is 6.61. The summed E-state index contributed by atoms with van der Waals surface area (Å²) in [5, 5.41) is 0. The molecule has 2 rings (SSSR count). The summed E-state index contributed by atoms with van der Waals surface area (Å²) in [4.78, 5) is 0. The Morgan fingerprint density at radius 3 is 2.17 bits per heavy atom. The zero-order chi connectivity index (χ0) is 13.0. The van der Waals surface area contributed by atoms with Crippen LogP contribution in [0.1, 0.15) is 36.1 Å². The Morgan fingerprint density at radius 2 is 1.50 bits per heavy atom. The molecule has 2 aromatic carbocycles. The SMILES string of the molecule is C[C](C)c1ccccc1CCc1ccc(C)cc1. The summed E-state index contributed by atoms with van der Waals surface area (Å²) < 4.78 is 0. The zero-order valence-electron chi connectivity index (χ0n) is 11.5. The van der Waals surface area contributed by atoms with E-state index in [0.717, 1.165) is 12.8 Å². The summed E-state index contributed by atoms with van der Waals surface area (Å²) >= 11 is 0. The van der Waals surface area contributed by atoms with Gasteiger partial charge in [-0.05, 0) is 42.4 Å². The summed E-state index contributed by atoms with van der Waals surface area (Å²) in [6.45, 7) is 6.50. The van der Waals surface area contributed by atoms with E-state index in [1.807, 2.05) is 0 Å². The average molecular weight is 237 g/mol. The Balaban J connectivity index is 2.08. The van der Waals surface area contributed by atoms with Crippen molar-refractivity contribution in [1.29, 1.82) is 0 Å². The summed E-state index contributed by atoms with van der Waals surface area (Å²) in [6.07, 6.45) is 2.23. The normalized spacial score (nSPS) is 10.9. The second-order valence-corrected chi connectivity index (χ2v) is 5.14. The molecule has 0 bridgehead atoms. The van der Waals surface area contributed by atoms with Crippen molar-refractivity contribution >= 4 is 0 Å². The van der Waals surface area contributed by atoms with Gasteiger partial charge in [-0.3, -0.25) is 0 Å². The smallest absolute Gasteiger partial charge is 0.000922 e. The first kappa shape index (κ1) is 12.9. The number of aryl methyl sites for hydroxylation is 3. The molecule has 0 heterocycles. The lowest BCUT2D eigenvalue weighted by atomic mass is 9.93. The van der Waals surface area contributed by atoms with Crippen LogP contribution in [0, 0.1) is 12.8 Å². The van der Waals surface area contributed by atoms with Crippen LogP contribution in [0.4, 0.5) is 0 Å². The summed E-state index contributed by atoms with van der Waals surface area (Å²) in [7, 11) is 0. The fourth-order valence-corrected chi connectivity index (χ4v) is 2.26. The first-order chi connectivity index (χ1) is 8.66. The number of hydrogen-bond acceptors (Lipinski definition) is 0. The standard InChI is InChI=1S/C18H21/c1-14(2)18-7-5-4-6-17(18)13-12-16-10-8-15(3)9-11-16/h4-11H,12-13H2,1-3H3. The highest BCUT2D eigenvalue weighted by atomic mass is 14.1. The molecule has 1 radical (unpaired) electrons. The predicted octanol–water partition coefficient (Wildman–Crippen LogP) is 4.74. The fraction of sp³-hybridized carbons (Fsp3) is 0.278. The number of benzene rings is 2. The highest BCUT2D eigenvalue weighted by Gasteiger charge is 2.06. The molecule has 0 heteroatoms. The molecule has 0 amide bonds. The van der Waals surface area contributed by atoms with Gasteiger partial charge < -0.3 is 0 Å². The lowest BCUT2D eigenvalue weighted by molar-refractivity contribution is 0.936. The third-order valence-corrected chi connectivity index (χ3v) is 3.36. The van der Waals surface area contributed by atoms with Crippen molar-refractivity contribution in [2.75, 3.05) is 0 Å². The van der Waals surface area contributed by atoms with Crippen molar-refractivity contribution in [2.45, 2.75) is 33.6 Å². The molecule has 0 aliphatic rings. The number of hydrogen-bond donors (Lipinski definition) is 0. The van der Waals surface area contributed by atoms with Gasteiger partial charge in [0.1, 0.15) is 0 Å². The van der Waals surface area contributed by atoms with Crippen LogP contribution in [0.15, 0.2) is 48.5 Å². The molecule has 0 spiro atoms. The Kier molecular flexibility index (Phi) is 4.19. The van der Waals surface area contributed by atoms with Gasteiger partial charge in [-0.15, -0.1) is 0 Å². The summed E-state index contributed by atoms with van der Waals surface area (Å²) in [5.41, 5.74) is 5.61. The molecule has 0 unspecified atom stereocenters. The summed E-state index contributed by atoms with van der Waals surface area (Å²) in [6, 6.07) is 17.6. The highest BCUT2D eigenvalue weighted by molar-refractivity contribution is 5.37. The van der Waals surface area contributed by atoms with Crippen LogP contribution in [0.2, 0.25) is 0 Å². The molecule has 0 nitrogen and oxygen atoms in total. The molecule has 0 aliphatic heterocycles. The minimum absolute atomic E-state index is 1.12. The lowest BCUT2D eigenvalue weighted by Gasteiger charge is -2.12. The predicted molar refractivity (Wildman–Crippen MR) is 78.7 cm³/mol. The summed E-state index contributed by atoms with van der Waals surface area (Å²) in [5.74, 6) is 1.40. The van der Waals surface area contributed by atoms with E-state index in [1.54, 1.807) is 0 Å². The van der Waals surface area contributed by atoms with E-state index >= 15 is 0 Å². The maximum atomic E-state index is 2.25. The number of rotatable bonds is 4. The van der Waals surface area contributed by atoms with E-state index in [-0.39, 0.29) is 0 Å². The van der Waals surface area contributed by atoms with Gasteiger partial charge >= 0.3 is 0 Å². The molecule has 0 saturated carbocycles. The van der Waals surface area contributed by atoms with E-state index < -0.39 is 0 Å². The van der Waals surface area contributed by atoms with E-state index in [1.165, 1.54) is 28.2 Å². The quantitative estimate of drug-likeness (QED) is 0.720. The molecular weight excluding hydrogens is 216 g/mol. The van der Waals surface area contributed by atoms with Crippen molar-refractivity contribution in [3.63, 3.8) is 0 Å². The van der Waals surface area contributed by atoms with E-state index in [2.05, 4.69) is 69.3 Å². The minimum Gasteiger partial charge on any atom is -0.0620 e. The second-order valence-electron chi connectivity index (χ2n) is 5.14. The van der Waals surface area contributed by atoms with Crippen LogP contribution in [0.3, 0.4) is 0 Å².